The third-order valence-corrected chi connectivity index (χ3v) is 3.91. The van der Waals surface area contributed by atoms with Crippen LogP contribution in [0, 0.1) is 5.41 Å². The van der Waals surface area contributed by atoms with E-state index in [1.165, 1.54) is 21.9 Å². The van der Waals surface area contributed by atoms with Crippen LogP contribution in [0.5, 0.6) is 0 Å². The fourth-order valence-corrected chi connectivity index (χ4v) is 2.87. The zero-order valence-corrected chi connectivity index (χ0v) is 12.2. The number of carboxylic acid groups (broad SMARTS) is 1. The van der Waals surface area contributed by atoms with E-state index in [-0.39, 0.29) is 12.5 Å². The maximum absolute atomic E-state index is 12.4. The lowest BCUT2D eigenvalue weighted by Gasteiger charge is -2.44. The van der Waals surface area contributed by atoms with Gasteiger partial charge in [0.05, 0.1) is 0 Å². The van der Waals surface area contributed by atoms with Crippen molar-refractivity contribution in [3.63, 3.8) is 0 Å². The van der Waals surface area contributed by atoms with E-state index in [9.17, 15) is 19.5 Å². The van der Waals surface area contributed by atoms with Gasteiger partial charge in [-0.25, -0.2) is 14.6 Å². The minimum Gasteiger partial charge on any atom is -0.480 e. The maximum Gasteiger partial charge on any atom is 0.347 e. The molecule has 0 radical (unpaired) electrons. The van der Waals surface area contributed by atoms with Crippen molar-refractivity contribution in [1.29, 1.82) is 0 Å². The van der Waals surface area contributed by atoms with Gasteiger partial charge in [-0.2, -0.15) is 0 Å². The normalized spacial score (nSPS) is 21.0. The highest BCUT2D eigenvalue weighted by atomic mass is 16.4. The van der Waals surface area contributed by atoms with Crippen molar-refractivity contribution >= 4 is 11.9 Å². The number of amides is 1. The van der Waals surface area contributed by atoms with Crippen molar-refractivity contribution < 1.29 is 14.7 Å². The second kappa shape index (κ2) is 5.67. The van der Waals surface area contributed by atoms with Gasteiger partial charge in [-0.3, -0.25) is 9.36 Å². The molecule has 1 aliphatic rings. The molecule has 1 unspecified atom stereocenters. The van der Waals surface area contributed by atoms with Gasteiger partial charge in [0.25, 0.3) is 0 Å². The molecular weight excluding hydrogens is 274 g/mol. The minimum atomic E-state index is -1.01. The van der Waals surface area contributed by atoms with Crippen LogP contribution in [0.25, 0.3) is 0 Å². The minimum absolute atomic E-state index is 0.188. The zero-order valence-electron chi connectivity index (χ0n) is 12.2. The van der Waals surface area contributed by atoms with E-state index in [0.717, 1.165) is 12.8 Å². The number of carbonyl (C=O) groups is 2. The Labute approximate surface area is 122 Å². The lowest BCUT2D eigenvalue weighted by molar-refractivity contribution is -0.159. The third kappa shape index (κ3) is 3.12. The molecule has 7 nitrogen and oxygen atoms in total. The molecule has 1 amide bonds. The summed E-state index contributed by atoms with van der Waals surface area (Å²) in [5.74, 6) is -1.38. The van der Waals surface area contributed by atoms with Crippen LogP contribution >= 0.6 is 0 Å². The molecule has 0 saturated carbocycles. The van der Waals surface area contributed by atoms with Crippen LogP contribution in [0.3, 0.4) is 0 Å². The maximum atomic E-state index is 12.4. The zero-order chi connectivity index (χ0) is 15.6. The molecule has 0 spiro atoms. The molecule has 0 aliphatic carbocycles. The van der Waals surface area contributed by atoms with Gasteiger partial charge < -0.3 is 10.0 Å². The van der Waals surface area contributed by atoms with Crippen molar-refractivity contribution in [3.8, 4) is 0 Å². The molecule has 7 heteroatoms. The van der Waals surface area contributed by atoms with Gasteiger partial charge in [0.1, 0.15) is 12.6 Å². The van der Waals surface area contributed by atoms with Crippen LogP contribution in [-0.2, 0) is 16.1 Å². The van der Waals surface area contributed by atoms with Crippen molar-refractivity contribution in [2.24, 2.45) is 5.41 Å². The molecule has 1 aromatic rings. The van der Waals surface area contributed by atoms with E-state index in [2.05, 4.69) is 4.98 Å². The van der Waals surface area contributed by atoms with Crippen LogP contribution in [0.2, 0.25) is 0 Å². The molecule has 2 heterocycles. The smallest absolute Gasteiger partial charge is 0.347 e. The van der Waals surface area contributed by atoms with Gasteiger partial charge in [-0.05, 0) is 24.3 Å². The van der Waals surface area contributed by atoms with E-state index in [0.29, 0.717) is 6.54 Å². The number of piperidine rings is 1. The van der Waals surface area contributed by atoms with Crippen molar-refractivity contribution in [2.75, 3.05) is 6.54 Å². The van der Waals surface area contributed by atoms with E-state index >= 15 is 0 Å². The first-order valence-corrected chi connectivity index (χ1v) is 6.86. The van der Waals surface area contributed by atoms with Crippen molar-refractivity contribution in [2.45, 2.75) is 39.3 Å². The molecule has 0 aromatic carbocycles. The Kier molecular flexibility index (Phi) is 4.11. The summed E-state index contributed by atoms with van der Waals surface area (Å²) in [7, 11) is 0. The summed E-state index contributed by atoms with van der Waals surface area (Å²) in [5.41, 5.74) is -1.01. The lowest BCUT2D eigenvalue weighted by atomic mass is 9.76. The van der Waals surface area contributed by atoms with Gasteiger partial charge in [-0.1, -0.05) is 13.8 Å². The molecule has 1 aromatic heterocycles. The third-order valence-electron chi connectivity index (χ3n) is 3.91. The van der Waals surface area contributed by atoms with E-state index in [1.54, 1.807) is 6.07 Å². The number of hydrogen-bond acceptors (Lipinski definition) is 4. The quantitative estimate of drug-likeness (QED) is 0.867. The number of aliphatic carboxylic acids is 1. The Hall–Kier alpha value is -2.18. The molecule has 21 heavy (non-hydrogen) atoms. The van der Waals surface area contributed by atoms with E-state index in [4.69, 9.17) is 0 Å². The summed E-state index contributed by atoms with van der Waals surface area (Å²) in [5, 5.41) is 9.44. The summed E-state index contributed by atoms with van der Waals surface area (Å²) in [6, 6.07) is 0.690. The number of rotatable bonds is 3. The van der Waals surface area contributed by atoms with Crippen molar-refractivity contribution in [3.05, 3.63) is 28.9 Å². The molecule has 0 bridgehead atoms. The fourth-order valence-electron chi connectivity index (χ4n) is 2.87. The molecule has 1 fully saturated rings. The Morgan fingerprint density at radius 3 is 2.81 bits per heavy atom. The second-order valence-corrected chi connectivity index (χ2v) is 5.95. The first kappa shape index (κ1) is 15.2. The largest absolute Gasteiger partial charge is 0.480 e. The number of nitrogens with zero attached hydrogens (tertiary/aromatic N) is 3. The molecule has 2 rings (SSSR count). The van der Waals surface area contributed by atoms with Crippen LogP contribution in [0.4, 0.5) is 0 Å². The van der Waals surface area contributed by atoms with Crippen LogP contribution in [0.1, 0.15) is 26.7 Å². The summed E-state index contributed by atoms with van der Waals surface area (Å²) in [6.45, 7) is 3.91. The summed E-state index contributed by atoms with van der Waals surface area (Å²) in [4.78, 5) is 40.4. The summed E-state index contributed by atoms with van der Waals surface area (Å²) >= 11 is 0. The highest BCUT2D eigenvalue weighted by Crippen LogP contribution is 2.35. The Bertz CT molecular complexity index is 608. The highest BCUT2D eigenvalue weighted by molar-refractivity contribution is 5.84. The first-order valence-electron chi connectivity index (χ1n) is 6.86. The standard InChI is InChI=1S/C14H19N3O4/c1-14(2)5-3-8-17(11(14)12(19)20)10(18)9-16-7-4-6-15-13(16)21/h4,6-7,11H,3,5,8-9H2,1-2H3,(H,19,20). The molecule has 114 valence electrons. The number of hydrogen-bond donors (Lipinski definition) is 1. The van der Waals surface area contributed by atoms with Gasteiger partial charge in [0.2, 0.25) is 5.91 Å². The molecule has 1 aliphatic heterocycles. The van der Waals surface area contributed by atoms with Crippen LogP contribution in [0.15, 0.2) is 23.3 Å². The Morgan fingerprint density at radius 2 is 2.19 bits per heavy atom. The molecule has 1 atom stereocenters. The van der Waals surface area contributed by atoms with Crippen LogP contribution in [-0.4, -0.2) is 44.0 Å². The SMILES string of the molecule is CC1(C)CCCN(C(=O)Cn2cccnc2=O)C1C(=O)O. The topological polar surface area (TPSA) is 92.5 Å². The average molecular weight is 293 g/mol. The van der Waals surface area contributed by atoms with Gasteiger partial charge in [0.15, 0.2) is 0 Å². The first-order chi connectivity index (χ1) is 9.83. The number of carboxylic acids is 1. The Morgan fingerprint density at radius 1 is 1.48 bits per heavy atom. The van der Waals surface area contributed by atoms with Gasteiger partial charge >= 0.3 is 11.7 Å². The van der Waals surface area contributed by atoms with E-state index < -0.39 is 23.1 Å². The van der Waals surface area contributed by atoms with Gasteiger partial charge in [0, 0.05) is 18.9 Å². The summed E-state index contributed by atoms with van der Waals surface area (Å²) in [6.07, 6.45) is 4.33. The average Bonchev–Trinajstić information content (AvgIpc) is 2.39. The van der Waals surface area contributed by atoms with Crippen LogP contribution < -0.4 is 5.69 Å². The van der Waals surface area contributed by atoms with E-state index in [1.807, 2.05) is 13.8 Å². The van der Waals surface area contributed by atoms with Gasteiger partial charge in [-0.15, -0.1) is 0 Å². The number of likely N-dealkylation sites (tertiary alicyclic amines) is 1. The monoisotopic (exact) mass is 293 g/mol. The second-order valence-electron chi connectivity index (χ2n) is 5.95. The summed E-state index contributed by atoms with van der Waals surface area (Å²) < 4.78 is 1.18. The molecular formula is C14H19N3O4. The number of aromatic nitrogens is 2. The predicted octanol–water partition coefficient (Wildman–Crippen LogP) is 0.345. The van der Waals surface area contributed by atoms with Crippen molar-refractivity contribution in [1.82, 2.24) is 14.5 Å². The number of carbonyl (C=O) groups excluding carboxylic acids is 1. The molecule has 1 N–H and O–H groups in total. The molecule has 1 saturated heterocycles. The predicted molar refractivity (Wildman–Crippen MR) is 74.6 cm³/mol. The highest BCUT2D eigenvalue weighted by Gasteiger charge is 2.44. The fraction of sp³-hybridized carbons (Fsp3) is 0.571. The lowest BCUT2D eigenvalue weighted by Crippen LogP contribution is -2.57. The Balaban J connectivity index is 2.23.